The summed E-state index contributed by atoms with van der Waals surface area (Å²) in [6.07, 6.45) is 12.7. The molecular formula is C22H34O2. The zero-order valence-electron chi connectivity index (χ0n) is 15.6. The summed E-state index contributed by atoms with van der Waals surface area (Å²) in [7, 11) is 0. The highest BCUT2D eigenvalue weighted by Gasteiger charge is 2.22. The van der Waals surface area contributed by atoms with Gasteiger partial charge < -0.3 is 4.74 Å². The normalized spacial score (nSPS) is 20.8. The standard InChI is InChI=1S/C22H34O2/c1-3-5-7-17-24-22(23)21-15-13-20(14-16-21)19-11-9-18(10-12-19)8-6-4-2/h13-16,18-19H,3-12,17H2,1-2H3/t18-,19-. The van der Waals surface area contributed by atoms with Crippen LogP contribution in [0.1, 0.15) is 99.9 Å². The molecule has 0 saturated heterocycles. The minimum absolute atomic E-state index is 0.180. The van der Waals surface area contributed by atoms with Crippen LogP contribution in [0.5, 0.6) is 0 Å². The van der Waals surface area contributed by atoms with Gasteiger partial charge in [-0.25, -0.2) is 4.79 Å². The molecule has 0 amide bonds. The first-order chi connectivity index (χ1) is 11.7. The van der Waals surface area contributed by atoms with Crippen LogP contribution in [-0.4, -0.2) is 12.6 Å². The molecule has 0 unspecified atom stereocenters. The van der Waals surface area contributed by atoms with Gasteiger partial charge in [0.15, 0.2) is 0 Å². The lowest BCUT2D eigenvalue weighted by atomic mass is 9.77. The Morgan fingerprint density at radius 3 is 2.25 bits per heavy atom. The van der Waals surface area contributed by atoms with E-state index in [0.29, 0.717) is 18.1 Å². The van der Waals surface area contributed by atoms with E-state index >= 15 is 0 Å². The molecular weight excluding hydrogens is 296 g/mol. The molecule has 1 fully saturated rings. The van der Waals surface area contributed by atoms with Gasteiger partial charge in [-0.05, 0) is 61.6 Å². The van der Waals surface area contributed by atoms with Crippen molar-refractivity contribution in [2.24, 2.45) is 5.92 Å². The fraction of sp³-hybridized carbons (Fsp3) is 0.682. The third-order valence-corrected chi connectivity index (χ3v) is 5.41. The first kappa shape index (κ1) is 19.0. The Kier molecular flexibility index (Phi) is 8.35. The smallest absolute Gasteiger partial charge is 0.338 e. The summed E-state index contributed by atoms with van der Waals surface area (Å²) < 4.78 is 5.33. The highest BCUT2D eigenvalue weighted by Crippen LogP contribution is 2.37. The Hall–Kier alpha value is -1.31. The lowest BCUT2D eigenvalue weighted by molar-refractivity contribution is 0.0498. The van der Waals surface area contributed by atoms with Crippen LogP contribution >= 0.6 is 0 Å². The summed E-state index contributed by atoms with van der Waals surface area (Å²) in [6, 6.07) is 8.17. The van der Waals surface area contributed by atoms with Crippen LogP contribution in [0, 0.1) is 5.92 Å². The average Bonchev–Trinajstić information content (AvgIpc) is 2.64. The predicted octanol–water partition coefficient (Wildman–Crippen LogP) is 6.50. The molecule has 0 aromatic heterocycles. The van der Waals surface area contributed by atoms with Gasteiger partial charge in [0.1, 0.15) is 0 Å². The van der Waals surface area contributed by atoms with Gasteiger partial charge in [0.2, 0.25) is 0 Å². The zero-order chi connectivity index (χ0) is 17.2. The second-order valence-corrected chi connectivity index (χ2v) is 7.32. The van der Waals surface area contributed by atoms with Gasteiger partial charge in [-0.15, -0.1) is 0 Å². The molecule has 24 heavy (non-hydrogen) atoms. The molecule has 0 bridgehead atoms. The van der Waals surface area contributed by atoms with Gasteiger partial charge in [0, 0.05) is 0 Å². The van der Waals surface area contributed by atoms with Gasteiger partial charge in [-0.3, -0.25) is 0 Å². The van der Waals surface area contributed by atoms with Crippen LogP contribution < -0.4 is 0 Å². The van der Waals surface area contributed by atoms with E-state index in [-0.39, 0.29) is 5.97 Å². The summed E-state index contributed by atoms with van der Waals surface area (Å²) in [5.41, 5.74) is 2.08. The molecule has 2 rings (SSSR count). The van der Waals surface area contributed by atoms with Crippen LogP contribution in [0.3, 0.4) is 0 Å². The Balaban J connectivity index is 1.78. The number of hydrogen-bond acceptors (Lipinski definition) is 2. The Bertz CT molecular complexity index is 469. The number of benzene rings is 1. The van der Waals surface area contributed by atoms with E-state index in [1.165, 1.54) is 50.5 Å². The molecule has 134 valence electrons. The summed E-state index contributed by atoms with van der Waals surface area (Å²) >= 11 is 0. The van der Waals surface area contributed by atoms with Crippen molar-refractivity contribution in [3.05, 3.63) is 35.4 Å². The predicted molar refractivity (Wildman–Crippen MR) is 100 cm³/mol. The van der Waals surface area contributed by atoms with Gasteiger partial charge in [0.05, 0.1) is 12.2 Å². The van der Waals surface area contributed by atoms with Crippen molar-refractivity contribution in [1.29, 1.82) is 0 Å². The molecule has 1 aliphatic rings. The molecule has 2 heteroatoms. The molecule has 0 aliphatic heterocycles. The van der Waals surface area contributed by atoms with Gasteiger partial charge in [0.25, 0.3) is 0 Å². The zero-order valence-corrected chi connectivity index (χ0v) is 15.6. The van der Waals surface area contributed by atoms with Crippen molar-refractivity contribution >= 4 is 5.97 Å². The first-order valence-corrected chi connectivity index (χ1v) is 10.0. The number of carbonyl (C=O) groups excluding carboxylic acids is 1. The second kappa shape index (κ2) is 10.5. The third kappa shape index (κ3) is 5.96. The highest BCUT2D eigenvalue weighted by molar-refractivity contribution is 5.89. The monoisotopic (exact) mass is 330 g/mol. The quantitative estimate of drug-likeness (QED) is 0.381. The van der Waals surface area contributed by atoms with Crippen LogP contribution in [-0.2, 0) is 4.74 Å². The molecule has 0 heterocycles. The van der Waals surface area contributed by atoms with Crippen LogP contribution in [0.15, 0.2) is 24.3 Å². The van der Waals surface area contributed by atoms with Crippen LogP contribution in [0.2, 0.25) is 0 Å². The van der Waals surface area contributed by atoms with E-state index in [2.05, 4.69) is 26.0 Å². The van der Waals surface area contributed by atoms with Crippen molar-refractivity contribution < 1.29 is 9.53 Å². The van der Waals surface area contributed by atoms with E-state index in [9.17, 15) is 4.79 Å². The van der Waals surface area contributed by atoms with Crippen LogP contribution in [0.25, 0.3) is 0 Å². The maximum atomic E-state index is 12.0. The summed E-state index contributed by atoms with van der Waals surface area (Å²) in [6.45, 7) is 4.97. The number of unbranched alkanes of at least 4 members (excludes halogenated alkanes) is 3. The van der Waals surface area contributed by atoms with E-state index in [1.54, 1.807) is 0 Å². The molecule has 0 N–H and O–H groups in total. The number of rotatable bonds is 9. The van der Waals surface area contributed by atoms with Gasteiger partial charge >= 0.3 is 5.97 Å². The minimum Gasteiger partial charge on any atom is -0.462 e. The molecule has 2 nitrogen and oxygen atoms in total. The van der Waals surface area contributed by atoms with E-state index < -0.39 is 0 Å². The highest BCUT2D eigenvalue weighted by atomic mass is 16.5. The number of ether oxygens (including phenoxy) is 1. The Morgan fingerprint density at radius 2 is 1.62 bits per heavy atom. The first-order valence-electron chi connectivity index (χ1n) is 10.0. The maximum Gasteiger partial charge on any atom is 0.338 e. The molecule has 1 aromatic carbocycles. The fourth-order valence-corrected chi connectivity index (χ4v) is 3.77. The van der Waals surface area contributed by atoms with E-state index in [0.717, 1.165) is 25.2 Å². The SMILES string of the molecule is CCCCCOC(=O)c1ccc([C@H]2CC[C@H](CCCC)CC2)cc1. The lowest BCUT2D eigenvalue weighted by Gasteiger charge is -2.28. The van der Waals surface area contributed by atoms with E-state index in [4.69, 9.17) is 4.74 Å². The minimum atomic E-state index is -0.180. The number of hydrogen-bond donors (Lipinski definition) is 0. The second-order valence-electron chi connectivity index (χ2n) is 7.32. The van der Waals surface area contributed by atoms with E-state index in [1.807, 2.05) is 12.1 Å². The summed E-state index contributed by atoms with van der Waals surface area (Å²) in [4.78, 5) is 12.0. The van der Waals surface area contributed by atoms with Crippen molar-refractivity contribution in [3.8, 4) is 0 Å². The molecule has 1 saturated carbocycles. The molecule has 1 aromatic rings. The third-order valence-electron chi connectivity index (χ3n) is 5.41. The average molecular weight is 331 g/mol. The van der Waals surface area contributed by atoms with Crippen molar-refractivity contribution in [3.63, 3.8) is 0 Å². The van der Waals surface area contributed by atoms with Crippen molar-refractivity contribution in [2.45, 2.75) is 84.0 Å². The lowest BCUT2D eigenvalue weighted by Crippen LogP contribution is -2.13. The summed E-state index contributed by atoms with van der Waals surface area (Å²) in [5.74, 6) is 1.44. The summed E-state index contributed by atoms with van der Waals surface area (Å²) in [5, 5.41) is 0. The number of esters is 1. The fourth-order valence-electron chi connectivity index (χ4n) is 3.77. The number of carbonyl (C=O) groups is 1. The molecule has 1 aliphatic carbocycles. The molecule has 0 atom stereocenters. The topological polar surface area (TPSA) is 26.3 Å². The Morgan fingerprint density at radius 1 is 0.958 bits per heavy atom. The van der Waals surface area contributed by atoms with Gasteiger partial charge in [-0.1, -0.05) is 58.1 Å². The van der Waals surface area contributed by atoms with Crippen molar-refractivity contribution in [1.82, 2.24) is 0 Å². The maximum absolute atomic E-state index is 12.0. The molecule has 0 radical (unpaired) electrons. The largest absolute Gasteiger partial charge is 0.462 e. The van der Waals surface area contributed by atoms with Crippen molar-refractivity contribution in [2.75, 3.05) is 6.61 Å². The Labute approximate surface area is 148 Å². The van der Waals surface area contributed by atoms with Crippen LogP contribution in [0.4, 0.5) is 0 Å². The molecule has 0 spiro atoms. The van der Waals surface area contributed by atoms with Gasteiger partial charge in [-0.2, -0.15) is 0 Å².